The lowest BCUT2D eigenvalue weighted by atomic mass is 10.0. The maximum atomic E-state index is 11.8. The number of nitrogens with zero attached hydrogens (tertiary/aromatic N) is 2. The van der Waals surface area contributed by atoms with E-state index < -0.39 is 0 Å². The second kappa shape index (κ2) is 7.33. The van der Waals surface area contributed by atoms with Gasteiger partial charge in [0, 0.05) is 29.9 Å². The number of hydrazone groups is 1. The molecule has 21 heavy (non-hydrogen) atoms. The first-order valence-corrected chi connectivity index (χ1v) is 6.99. The zero-order valence-electron chi connectivity index (χ0n) is 12.3. The van der Waals surface area contributed by atoms with E-state index in [9.17, 15) is 4.79 Å². The minimum absolute atomic E-state index is 0.0812. The number of aromatic nitrogens is 1. The van der Waals surface area contributed by atoms with Crippen molar-refractivity contribution in [2.24, 2.45) is 11.0 Å². The number of benzene rings is 1. The molecule has 0 saturated heterocycles. The van der Waals surface area contributed by atoms with Crippen LogP contribution < -0.4 is 5.43 Å². The molecule has 1 heterocycles. The molecule has 0 aliphatic carbocycles. The fourth-order valence-electron chi connectivity index (χ4n) is 1.93. The van der Waals surface area contributed by atoms with Gasteiger partial charge in [0.1, 0.15) is 0 Å². The minimum atomic E-state index is -0.0812. The normalized spacial score (nSPS) is 11.5. The van der Waals surface area contributed by atoms with Gasteiger partial charge in [-0.2, -0.15) is 5.10 Å². The van der Waals surface area contributed by atoms with Crippen LogP contribution >= 0.6 is 0 Å². The van der Waals surface area contributed by atoms with Gasteiger partial charge in [-0.1, -0.05) is 44.2 Å². The molecule has 0 aliphatic rings. The van der Waals surface area contributed by atoms with Crippen molar-refractivity contribution in [1.82, 2.24) is 10.4 Å². The summed E-state index contributed by atoms with van der Waals surface area (Å²) in [6.45, 7) is 4.00. The number of nitrogens with one attached hydrogen (secondary N) is 1. The van der Waals surface area contributed by atoms with E-state index in [-0.39, 0.29) is 5.91 Å². The molecule has 0 bridgehead atoms. The zero-order valence-corrected chi connectivity index (χ0v) is 12.3. The number of rotatable bonds is 5. The number of hydrogen-bond donors (Lipinski definition) is 1. The summed E-state index contributed by atoms with van der Waals surface area (Å²) in [6.07, 6.45) is 3.91. The number of carbonyl (C=O) groups excluding carboxylic acids is 1. The van der Waals surface area contributed by atoms with E-state index in [1.165, 1.54) is 0 Å². The van der Waals surface area contributed by atoms with Crippen molar-refractivity contribution < 1.29 is 4.79 Å². The summed E-state index contributed by atoms with van der Waals surface area (Å²) in [5, 5.41) is 4.29. The van der Waals surface area contributed by atoms with E-state index in [1.54, 1.807) is 12.4 Å². The fourth-order valence-corrected chi connectivity index (χ4v) is 1.93. The van der Waals surface area contributed by atoms with Gasteiger partial charge in [-0.3, -0.25) is 9.78 Å². The highest BCUT2D eigenvalue weighted by Gasteiger charge is 2.09. The Balaban J connectivity index is 2.27. The quantitative estimate of drug-likeness (QED) is 0.676. The van der Waals surface area contributed by atoms with Crippen LogP contribution in [0.25, 0.3) is 0 Å². The Morgan fingerprint density at radius 2 is 1.86 bits per heavy atom. The van der Waals surface area contributed by atoms with Crippen LogP contribution in [0.1, 0.15) is 31.4 Å². The molecule has 1 amide bonds. The highest BCUT2D eigenvalue weighted by molar-refractivity contribution is 6.12. The van der Waals surface area contributed by atoms with Crippen LogP contribution in [0.15, 0.2) is 60.0 Å². The molecule has 0 aliphatic heterocycles. The van der Waals surface area contributed by atoms with Crippen molar-refractivity contribution in [3.63, 3.8) is 0 Å². The van der Waals surface area contributed by atoms with Gasteiger partial charge >= 0.3 is 0 Å². The van der Waals surface area contributed by atoms with E-state index in [2.05, 4.69) is 15.5 Å². The number of pyridine rings is 1. The molecule has 2 rings (SSSR count). The average molecular weight is 281 g/mol. The van der Waals surface area contributed by atoms with E-state index in [4.69, 9.17) is 0 Å². The predicted octanol–water partition coefficient (Wildman–Crippen LogP) is 3.00. The second-order valence-corrected chi connectivity index (χ2v) is 5.20. The predicted molar refractivity (Wildman–Crippen MR) is 83.9 cm³/mol. The van der Waals surface area contributed by atoms with Gasteiger partial charge in [-0.15, -0.1) is 0 Å². The molecule has 0 fully saturated rings. The molecule has 0 spiro atoms. The van der Waals surface area contributed by atoms with Gasteiger partial charge in [-0.25, -0.2) is 5.43 Å². The lowest BCUT2D eigenvalue weighted by molar-refractivity contribution is -0.121. The van der Waals surface area contributed by atoms with Crippen LogP contribution in [0.4, 0.5) is 0 Å². The molecule has 0 unspecified atom stereocenters. The molecular weight excluding hydrogens is 262 g/mol. The molecule has 4 nitrogen and oxygen atoms in total. The Hall–Kier alpha value is -2.49. The largest absolute Gasteiger partial charge is 0.273 e. The molecular formula is C17H19N3O. The lowest BCUT2D eigenvalue weighted by Crippen LogP contribution is -2.21. The Kier molecular flexibility index (Phi) is 5.21. The number of hydrogen-bond acceptors (Lipinski definition) is 3. The van der Waals surface area contributed by atoms with E-state index in [0.717, 1.165) is 11.1 Å². The Morgan fingerprint density at radius 3 is 2.48 bits per heavy atom. The van der Waals surface area contributed by atoms with Gasteiger partial charge in [0.2, 0.25) is 5.91 Å². The summed E-state index contributed by atoms with van der Waals surface area (Å²) in [4.78, 5) is 15.9. The molecule has 0 atom stereocenters. The first kappa shape index (κ1) is 14.9. The summed E-state index contributed by atoms with van der Waals surface area (Å²) in [7, 11) is 0. The van der Waals surface area contributed by atoms with E-state index >= 15 is 0 Å². The van der Waals surface area contributed by atoms with Crippen molar-refractivity contribution in [3.05, 3.63) is 66.0 Å². The first-order valence-electron chi connectivity index (χ1n) is 6.99. The molecule has 1 aromatic carbocycles. The van der Waals surface area contributed by atoms with Crippen molar-refractivity contribution in [2.75, 3.05) is 0 Å². The van der Waals surface area contributed by atoms with Crippen LogP contribution in [0.3, 0.4) is 0 Å². The third-order valence-electron chi connectivity index (χ3n) is 2.87. The maximum absolute atomic E-state index is 11.8. The van der Waals surface area contributed by atoms with Crippen molar-refractivity contribution in [1.29, 1.82) is 0 Å². The highest BCUT2D eigenvalue weighted by Crippen LogP contribution is 2.09. The fraction of sp³-hybridized carbons (Fsp3) is 0.235. The summed E-state index contributed by atoms with van der Waals surface area (Å²) < 4.78 is 0. The molecule has 1 N–H and O–H groups in total. The molecule has 0 radical (unpaired) electrons. The summed E-state index contributed by atoms with van der Waals surface area (Å²) >= 11 is 0. The van der Waals surface area contributed by atoms with Crippen LogP contribution in [-0.4, -0.2) is 16.6 Å². The Labute approximate surface area is 124 Å². The van der Waals surface area contributed by atoms with Crippen molar-refractivity contribution >= 4 is 11.6 Å². The topological polar surface area (TPSA) is 54.4 Å². The van der Waals surface area contributed by atoms with Crippen LogP contribution in [0, 0.1) is 5.92 Å². The monoisotopic (exact) mass is 281 g/mol. The highest BCUT2D eigenvalue weighted by atomic mass is 16.2. The van der Waals surface area contributed by atoms with Crippen LogP contribution in [0.5, 0.6) is 0 Å². The Bertz CT molecular complexity index is 565. The van der Waals surface area contributed by atoms with Crippen molar-refractivity contribution in [3.8, 4) is 0 Å². The van der Waals surface area contributed by atoms with Crippen molar-refractivity contribution in [2.45, 2.75) is 20.3 Å². The van der Waals surface area contributed by atoms with Crippen LogP contribution in [0.2, 0.25) is 0 Å². The Morgan fingerprint density at radius 1 is 1.14 bits per heavy atom. The van der Waals surface area contributed by atoms with Crippen LogP contribution in [-0.2, 0) is 4.79 Å². The molecule has 2 aromatic rings. The average Bonchev–Trinajstić information content (AvgIpc) is 2.49. The van der Waals surface area contributed by atoms with Gasteiger partial charge in [-0.05, 0) is 18.1 Å². The van der Waals surface area contributed by atoms with E-state index in [0.29, 0.717) is 18.1 Å². The third-order valence-corrected chi connectivity index (χ3v) is 2.87. The maximum Gasteiger partial charge on any atom is 0.240 e. The number of amides is 1. The first-order chi connectivity index (χ1) is 10.2. The summed E-state index contributed by atoms with van der Waals surface area (Å²) in [5.74, 6) is 0.223. The lowest BCUT2D eigenvalue weighted by Gasteiger charge is -2.08. The summed E-state index contributed by atoms with van der Waals surface area (Å²) in [5.41, 5.74) is 5.15. The smallest absolute Gasteiger partial charge is 0.240 e. The minimum Gasteiger partial charge on any atom is -0.273 e. The van der Waals surface area contributed by atoms with Gasteiger partial charge in [0.15, 0.2) is 0 Å². The molecule has 4 heteroatoms. The number of carbonyl (C=O) groups is 1. The standard InChI is InChI=1S/C17H19N3O/c1-13(2)11-16(21)19-20-17(14-7-4-3-5-8-14)15-9-6-10-18-12-15/h3-10,12-13H,11H2,1-2H3,(H,19,21). The molecule has 108 valence electrons. The molecule has 0 saturated carbocycles. The van der Waals surface area contributed by atoms with E-state index in [1.807, 2.05) is 56.3 Å². The van der Waals surface area contributed by atoms with Gasteiger partial charge < -0.3 is 0 Å². The zero-order chi connectivity index (χ0) is 15.1. The van der Waals surface area contributed by atoms with Gasteiger partial charge in [0.05, 0.1) is 5.71 Å². The van der Waals surface area contributed by atoms with Gasteiger partial charge in [0.25, 0.3) is 0 Å². The second-order valence-electron chi connectivity index (χ2n) is 5.20. The third kappa shape index (κ3) is 4.53. The molecule has 1 aromatic heterocycles. The SMILES string of the molecule is CC(C)CC(=O)NN=C(c1ccccc1)c1cccnc1. The summed E-state index contributed by atoms with van der Waals surface area (Å²) in [6, 6.07) is 13.5.